The van der Waals surface area contributed by atoms with Crippen molar-refractivity contribution in [1.29, 1.82) is 0 Å². The Morgan fingerprint density at radius 2 is 1.25 bits per heavy atom. The number of hydrogen-bond acceptors (Lipinski definition) is 1. The molecular formula is C2H6O2. The van der Waals surface area contributed by atoms with E-state index in [2.05, 4.69) is 4.74 Å². The first kappa shape index (κ1) is 9.07. The maximum absolute atomic E-state index is 4.25. The highest BCUT2D eigenvalue weighted by atomic mass is 16.4. The Bertz CT molecular complexity index is 4.00. The van der Waals surface area contributed by atoms with E-state index in [0.29, 0.717) is 0 Å². The van der Waals surface area contributed by atoms with Gasteiger partial charge in [-0.2, -0.15) is 0 Å². The molecule has 0 fully saturated rings. The van der Waals surface area contributed by atoms with Crippen molar-refractivity contribution in [3.8, 4) is 0 Å². The molecule has 26 valence electrons. The monoisotopic (exact) mass is 62.0 g/mol. The summed E-state index contributed by atoms with van der Waals surface area (Å²) >= 11 is 0. The van der Waals surface area contributed by atoms with Gasteiger partial charge in [-0.1, -0.05) is 0 Å². The van der Waals surface area contributed by atoms with Crippen LogP contribution in [0.25, 0.3) is 0 Å². The Hall–Kier alpha value is -0.0800. The van der Waals surface area contributed by atoms with Crippen molar-refractivity contribution in [1.82, 2.24) is 0 Å². The highest BCUT2D eigenvalue weighted by Gasteiger charge is 1.25. The molecule has 0 aliphatic rings. The van der Waals surface area contributed by atoms with Crippen LogP contribution in [0.2, 0.25) is 0 Å². The standard InChI is InChI=1S/C2H6O.O/c1-3-2;/h1-2H3;. The summed E-state index contributed by atoms with van der Waals surface area (Å²) < 4.78 is 4.25. The summed E-state index contributed by atoms with van der Waals surface area (Å²) in [6, 6.07) is 0. The summed E-state index contributed by atoms with van der Waals surface area (Å²) in [4.78, 5) is 0. The first-order valence-electron chi connectivity index (χ1n) is 0.816. The molecule has 0 amide bonds. The van der Waals surface area contributed by atoms with Gasteiger partial charge in [-0.15, -0.1) is 0 Å². The SMILES string of the molecule is COC.[O]. The van der Waals surface area contributed by atoms with E-state index in [0.717, 1.165) is 0 Å². The van der Waals surface area contributed by atoms with Gasteiger partial charge in [0.25, 0.3) is 0 Å². The smallest absolute Gasteiger partial charge is 0.0351 e. The van der Waals surface area contributed by atoms with Crippen molar-refractivity contribution in [3.63, 3.8) is 0 Å². The maximum Gasteiger partial charge on any atom is 0.0351 e. The molecule has 0 saturated heterocycles. The lowest BCUT2D eigenvalue weighted by Crippen LogP contribution is -1.55. The topological polar surface area (TPSA) is 37.7 Å². The van der Waals surface area contributed by atoms with Gasteiger partial charge >= 0.3 is 0 Å². The zero-order valence-corrected chi connectivity index (χ0v) is 2.82. The van der Waals surface area contributed by atoms with Crippen LogP contribution in [0.4, 0.5) is 0 Å². The minimum absolute atomic E-state index is 0. The minimum Gasteiger partial charge on any atom is -0.388 e. The molecule has 0 aromatic carbocycles. The third kappa shape index (κ3) is 254. The van der Waals surface area contributed by atoms with E-state index in [9.17, 15) is 0 Å². The molecule has 2 nitrogen and oxygen atoms in total. The molecule has 0 aromatic rings. The van der Waals surface area contributed by atoms with E-state index < -0.39 is 0 Å². The number of ether oxygens (including phenoxy) is 1. The molecule has 0 heterocycles. The zero-order chi connectivity index (χ0) is 2.71. The summed E-state index contributed by atoms with van der Waals surface area (Å²) in [5.41, 5.74) is 0. The Morgan fingerprint density at radius 1 is 1.25 bits per heavy atom. The van der Waals surface area contributed by atoms with Gasteiger partial charge in [0, 0.05) is 19.7 Å². The molecule has 0 atom stereocenters. The predicted molar refractivity (Wildman–Crippen MR) is 13.6 cm³/mol. The van der Waals surface area contributed by atoms with Crippen LogP contribution in [0.3, 0.4) is 0 Å². The fourth-order valence-electron chi connectivity index (χ4n) is 0. The summed E-state index contributed by atoms with van der Waals surface area (Å²) in [6.45, 7) is 0. The van der Waals surface area contributed by atoms with Crippen molar-refractivity contribution in [3.05, 3.63) is 0 Å². The molecule has 0 spiro atoms. The van der Waals surface area contributed by atoms with Crippen molar-refractivity contribution in [2.24, 2.45) is 0 Å². The molecule has 2 heteroatoms. The van der Waals surface area contributed by atoms with Gasteiger partial charge < -0.3 is 4.74 Å². The first-order valence-corrected chi connectivity index (χ1v) is 0.816. The van der Waals surface area contributed by atoms with Crippen LogP contribution in [0.15, 0.2) is 0 Å². The lowest BCUT2D eigenvalue weighted by atomic mass is 11.6. The van der Waals surface area contributed by atoms with Crippen molar-refractivity contribution in [2.75, 3.05) is 14.2 Å². The molecule has 0 unspecified atom stereocenters. The van der Waals surface area contributed by atoms with Gasteiger partial charge in [0.2, 0.25) is 0 Å². The van der Waals surface area contributed by atoms with E-state index in [-0.39, 0.29) is 5.48 Å². The molecule has 0 rings (SSSR count). The molecule has 0 aliphatic carbocycles. The molecular weight excluding hydrogens is 56.0 g/mol. The fraction of sp³-hybridized carbons (Fsp3) is 1.00. The molecule has 2 radical (unpaired) electrons. The second kappa shape index (κ2) is 12.7. The van der Waals surface area contributed by atoms with Gasteiger partial charge in [0.15, 0.2) is 0 Å². The maximum atomic E-state index is 4.25. The normalized spacial score (nSPS) is 4.50. The Labute approximate surface area is 25.7 Å². The zero-order valence-electron chi connectivity index (χ0n) is 2.82. The van der Waals surface area contributed by atoms with Crippen LogP contribution in [0, 0.1) is 0 Å². The average molecular weight is 62.1 g/mol. The van der Waals surface area contributed by atoms with Crippen molar-refractivity contribution >= 4 is 0 Å². The van der Waals surface area contributed by atoms with Gasteiger partial charge in [-0.3, -0.25) is 0 Å². The quantitative estimate of drug-likeness (QED) is 0.393. The van der Waals surface area contributed by atoms with Crippen LogP contribution in [0.1, 0.15) is 0 Å². The minimum atomic E-state index is 0. The molecule has 0 aliphatic heterocycles. The van der Waals surface area contributed by atoms with E-state index in [4.69, 9.17) is 0 Å². The number of methoxy groups -OCH3 is 1. The largest absolute Gasteiger partial charge is 0.388 e. The lowest BCUT2D eigenvalue weighted by molar-refractivity contribution is 0.277. The fourth-order valence-corrected chi connectivity index (χ4v) is 0. The third-order valence-electron chi connectivity index (χ3n) is 0. The second-order valence-corrected chi connectivity index (χ2v) is 0.408. The summed E-state index contributed by atoms with van der Waals surface area (Å²) in [5, 5.41) is 0. The highest BCUT2D eigenvalue weighted by Crippen LogP contribution is 1.28. The molecule has 0 saturated carbocycles. The molecule has 4 heavy (non-hydrogen) atoms. The Kier molecular flexibility index (Phi) is 28.8. The summed E-state index contributed by atoms with van der Waals surface area (Å²) in [7, 11) is 3.25. The highest BCUT2D eigenvalue weighted by molar-refractivity contribution is 3.56. The van der Waals surface area contributed by atoms with E-state index in [1.165, 1.54) is 0 Å². The van der Waals surface area contributed by atoms with E-state index >= 15 is 0 Å². The molecule has 0 bridgehead atoms. The third-order valence-corrected chi connectivity index (χ3v) is 0. The summed E-state index contributed by atoms with van der Waals surface area (Å²) in [6.07, 6.45) is 0. The predicted octanol–water partition coefficient (Wildman–Crippen LogP) is 0.144. The second-order valence-electron chi connectivity index (χ2n) is 0.408. The van der Waals surface area contributed by atoms with Crippen molar-refractivity contribution < 1.29 is 10.2 Å². The first-order chi connectivity index (χ1) is 1.41. The Morgan fingerprint density at radius 3 is 1.25 bits per heavy atom. The van der Waals surface area contributed by atoms with Crippen LogP contribution < -0.4 is 0 Å². The van der Waals surface area contributed by atoms with Crippen LogP contribution in [-0.4, -0.2) is 14.2 Å². The van der Waals surface area contributed by atoms with Gasteiger partial charge in [-0.25, -0.2) is 0 Å². The van der Waals surface area contributed by atoms with Crippen LogP contribution in [-0.2, 0) is 10.2 Å². The average Bonchev–Trinajstić information content (AvgIpc) is 0.918. The van der Waals surface area contributed by atoms with Gasteiger partial charge in [0.05, 0.1) is 0 Å². The van der Waals surface area contributed by atoms with Crippen LogP contribution >= 0.6 is 0 Å². The number of rotatable bonds is 0. The Balaban J connectivity index is 0. The van der Waals surface area contributed by atoms with Crippen LogP contribution in [0.5, 0.6) is 0 Å². The van der Waals surface area contributed by atoms with Gasteiger partial charge in [0.1, 0.15) is 0 Å². The van der Waals surface area contributed by atoms with E-state index in [1.807, 2.05) is 0 Å². The van der Waals surface area contributed by atoms with Crippen molar-refractivity contribution in [2.45, 2.75) is 0 Å². The molecule has 0 N–H and O–H groups in total. The van der Waals surface area contributed by atoms with Gasteiger partial charge in [-0.05, 0) is 0 Å². The lowest BCUT2D eigenvalue weighted by Gasteiger charge is -1.61. The summed E-state index contributed by atoms with van der Waals surface area (Å²) in [5.74, 6) is 0. The molecule has 0 aromatic heterocycles. The van der Waals surface area contributed by atoms with E-state index in [1.54, 1.807) is 14.2 Å². The number of hydrogen-bond donors (Lipinski definition) is 0.